The molecule has 0 spiro atoms. The average molecular weight is 479 g/mol. The third-order valence-corrected chi connectivity index (χ3v) is 6.55. The van der Waals surface area contributed by atoms with Gasteiger partial charge < -0.3 is 19.3 Å². The summed E-state index contributed by atoms with van der Waals surface area (Å²) in [7, 11) is 3.23. The maximum atomic E-state index is 13.2. The molecule has 3 aromatic rings. The van der Waals surface area contributed by atoms with Crippen LogP contribution in [0.15, 0.2) is 47.0 Å². The molecule has 186 valence electrons. The van der Waals surface area contributed by atoms with Crippen LogP contribution in [0.1, 0.15) is 49.2 Å². The number of amides is 1. The molecule has 0 saturated carbocycles. The molecule has 1 aromatic heterocycles. The van der Waals surface area contributed by atoms with E-state index in [1.54, 1.807) is 14.2 Å². The molecule has 1 aliphatic heterocycles. The fraction of sp³-hybridized carbons (Fsp3) is 0.444. The summed E-state index contributed by atoms with van der Waals surface area (Å²) < 4.78 is 16.3. The molecule has 2 atom stereocenters. The van der Waals surface area contributed by atoms with Crippen LogP contribution in [0.3, 0.4) is 0 Å². The van der Waals surface area contributed by atoms with E-state index in [1.165, 1.54) is 5.56 Å². The number of aromatic nitrogens is 2. The van der Waals surface area contributed by atoms with Gasteiger partial charge in [0.2, 0.25) is 17.6 Å². The summed E-state index contributed by atoms with van der Waals surface area (Å²) in [4.78, 5) is 20.0. The Morgan fingerprint density at radius 1 is 1.17 bits per heavy atom. The molecule has 2 aromatic carbocycles. The molecule has 0 bridgehead atoms. The Labute approximate surface area is 206 Å². The zero-order valence-electron chi connectivity index (χ0n) is 20.9. The molecule has 1 N–H and O–H groups in total. The summed E-state index contributed by atoms with van der Waals surface area (Å²) >= 11 is 0. The van der Waals surface area contributed by atoms with Crippen molar-refractivity contribution in [3.8, 4) is 22.9 Å². The molecule has 8 heteroatoms. The van der Waals surface area contributed by atoms with Gasteiger partial charge in [-0.2, -0.15) is 4.98 Å². The second-order valence-electron chi connectivity index (χ2n) is 9.04. The maximum absolute atomic E-state index is 13.2. The van der Waals surface area contributed by atoms with E-state index in [0.29, 0.717) is 36.3 Å². The second-order valence-corrected chi connectivity index (χ2v) is 9.04. The van der Waals surface area contributed by atoms with Gasteiger partial charge in [-0.15, -0.1) is 0 Å². The summed E-state index contributed by atoms with van der Waals surface area (Å²) in [5, 5.41) is 7.38. The fourth-order valence-corrected chi connectivity index (χ4v) is 4.52. The quantitative estimate of drug-likeness (QED) is 0.483. The van der Waals surface area contributed by atoms with E-state index in [2.05, 4.69) is 27.3 Å². The van der Waals surface area contributed by atoms with E-state index >= 15 is 0 Å². The van der Waals surface area contributed by atoms with Crippen LogP contribution >= 0.6 is 0 Å². The number of carbonyl (C=O) groups excluding carboxylic acids is 1. The molecule has 0 aliphatic carbocycles. The van der Waals surface area contributed by atoms with Gasteiger partial charge in [0.15, 0.2) is 11.5 Å². The zero-order valence-corrected chi connectivity index (χ0v) is 20.9. The molecule has 2 heterocycles. The number of ether oxygens (including phenoxy) is 2. The summed E-state index contributed by atoms with van der Waals surface area (Å²) in [6, 6.07) is 13.7. The third-order valence-electron chi connectivity index (χ3n) is 6.55. The smallest absolute Gasteiger partial charge is 0.241 e. The zero-order chi connectivity index (χ0) is 24.8. The van der Waals surface area contributed by atoms with E-state index in [-0.39, 0.29) is 17.9 Å². The number of nitrogens with one attached hydrogen (secondary N) is 1. The Balaban J connectivity index is 1.37. The molecule has 8 nitrogen and oxygen atoms in total. The first kappa shape index (κ1) is 24.7. The first-order valence-electron chi connectivity index (χ1n) is 12.1. The van der Waals surface area contributed by atoms with Crippen molar-refractivity contribution in [2.45, 2.75) is 45.7 Å². The van der Waals surface area contributed by atoms with Gasteiger partial charge in [0.1, 0.15) is 0 Å². The summed E-state index contributed by atoms with van der Waals surface area (Å²) in [5.41, 5.74) is 3.12. The molecular weight excluding hydrogens is 444 g/mol. The van der Waals surface area contributed by atoms with Gasteiger partial charge in [0.25, 0.3) is 0 Å². The topological polar surface area (TPSA) is 89.7 Å². The number of methoxy groups -OCH3 is 2. The Morgan fingerprint density at radius 2 is 1.94 bits per heavy atom. The molecule has 1 aliphatic rings. The Bertz CT molecular complexity index is 1130. The lowest BCUT2D eigenvalue weighted by Gasteiger charge is -2.32. The number of likely N-dealkylation sites (tertiary alicyclic amines) is 1. The lowest BCUT2D eigenvalue weighted by molar-refractivity contribution is -0.127. The van der Waals surface area contributed by atoms with Crippen LogP contribution in [0.2, 0.25) is 0 Å². The normalized spacial score (nSPS) is 17.1. The third kappa shape index (κ3) is 6.00. The predicted molar refractivity (Wildman–Crippen MR) is 133 cm³/mol. The Kier molecular flexibility index (Phi) is 8.02. The number of piperidine rings is 1. The molecule has 4 rings (SSSR count). The van der Waals surface area contributed by atoms with Crippen molar-refractivity contribution < 1.29 is 18.8 Å². The standard InChI is InChI=1S/C27H34N4O4/c1-5-22(20-12-13-23(33-3)24(15-20)34-4)28-27(32)21-7-6-14-31(16-21)17-25-29-26(30-35-25)19-10-8-18(2)9-11-19/h8-13,15,21-22H,5-7,14,16-17H2,1-4H3,(H,28,32). The van der Waals surface area contributed by atoms with Crippen molar-refractivity contribution in [2.24, 2.45) is 5.92 Å². The second kappa shape index (κ2) is 11.4. The molecule has 2 unspecified atom stereocenters. The highest BCUT2D eigenvalue weighted by Crippen LogP contribution is 2.31. The van der Waals surface area contributed by atoms with Crippen LogP contribution in [-0.2, 0) is 11.3 Å². The monoisotopic (exact) mass is 478 g/mol. The Morgan fingerprint density at radius 3 is 2.66 bits per heavy atom. The van der Waals surface area contributed by atoms with E-state index in [0.717, 1.165) is 36.9 Å². The lowest BCUT2D eigenvalue weighted by atomic mass is 9.95. The minimum Gasteiger partial charge on any atom is -0.493 e. The van der Waals surface area contributed by atoms with Crippen molar-refractivity contribution in [2.75, 3.05) is 27.3 Å². The number of hydrogen-bond acceptors (Lipinski definition) is 7. The number of hydrogen-bond donors (Lipinski definition) is 1. The molecule has 1 fully saturated rings. The van der Waals surface area contributed by atoms with Gasteiger partial charge >= 0.3 is 0 Å². The number of carbonyl (C=O) groups is 1. The van der Waals surface area contributed by atoms with Crippen LogP contribution in [-0.4, -0.2) is 48.3 Å². The number of rotatable bonds is 9. The van der Waals surface area contributed by atoms with Crippen molar-refractivity contribution in [1.82, 2.24) is 20.4 Å². The SMILES string of the molecule is CCC(NC(=O)C1CCCN(Cc2nc(-c3ccc(C)cc3)no2)C1)c1ccc(OC)c(OC)c1. The van der Waals surface area contributed by atoms with E-state index in [1.807, 2.05) is 49.4 Å². The highest BCUT2D eigenvalue weighted by atomic mass is 16.5. The lowest BCUT2D eigenvalue weighted by Crippen LogP contribution is -2.43. The Hall–Kier alpha value is -3.39. The van der Waals surface area contributed by atoms with Crippen molar-refractivity contribution in [1.29, 1.82) is 0 Å². The molecule has 1 saturated heterocycles. The van der Waals surface area contributed by atoms with Crippen LogP contribution in [0.25, 0.3) is 11.4 Å². The van der Waals surface area contributed by atoms with Crippen LogP contribution in [0.5, 0.6) is 11.5 Å². The van der Waals surface area contributed by atoms with E-state index in [9.17, 15) is 4.79 Å². The number of nitrogens with zero attached hydrogens (tertiary/aromatic N) is 3. The molecule has 1 amide bonds. The average Bonchev–Trinajstić information content (AvgIpc) is 3.35. The van der Waals surface area contributed by atoms with Gasteiger partial charge in [-0.1, -0.05) is 48.0 Å². The fourth-order valence-electron chi connectivity index (χ4n) is 4.52. The molecule has 0 radical (unpaired) electrons. The minimum atomic E-state index is -0.0920. The van der Waals surface area contributed by atoms with Crippen LogP contribution in [0, 0.1) is 12.8 Å². The van der Waals surface area contributed by atoms with Crippen LogP contribution in [0.4, 0.5) is 0 Å². The summed E-state index contributed by atoms with van der Waals surface area (Å²) in [6.07, 6.45) is 2.59. The van der Waals surface area contributed by atoms with Gasteiger partial charge in [0, 0.05) is 12.1 Å². The number of aryl methyl sites for hydroxylation is 1. The molecular formula is C27H34N4O4. The largest absolute Gasteiger partial charge is 0.493 e. The van der Waals surface area contributed by atoms with Crippen molar-refractivity contribution in [3.05, 3.63) is 59.5 Å². The molecule has 35 heavy (non-hydrogen) atoms. The van der Waals surface area contributed by atoms with Gasteiger partial charge in [0.05, 0.1) is 32.7 Å². The van der Waals surface area contributed by atoms with Gasteiger partial charge in [-0.05, 0) is 50.4 Å². The number of benzene rings is 2. The van der Waals surface area contributed by atoms with Crippen LogP contribution < -0.4 is 14.8 Å². The van der Waals surface area contributed by atoms with Crippen molar-refractivity contribution >= 4 is 5.91 Å². The van der Waals surface area contributed by atoms with E-state index < -0.39 is 0 Å². The predicted octanol–water partition coefficient (Wildman–Crippen LogP) is 4.54. The van der Waals surface area contributed by atoms with E-state index in [4.69, 9.17) is 14.0 Å². The highest BCUT2D eigenvalue weighted by Gasteiger charge is 2.28. The maximum Gasteiger partial charge on any atom is 0.241 e. The summed E-state index contributed by atoms with van der Waals surface area (Å²) in [5.74, 6) is 2.48. The highest BCUT2D eigenvalue weighted by molar-refractivity contribution is 5.79. The van der Waals surface area contributed by atoms with Gasteiger partial charge in [-0.25, -0.2) is 0 Å². The first-order chi connectivity index (χ1) is 17.0. The van der Waals surface area contributed by atoms with Gasteiger partial charge in [-0.3, -0.25) is 9.69 Å². The minimum absolute atomic E-state index is 0.0715. The summed E-state index contributed by atoms with van der Waals surface area (Å²) in [6.45, 7) is 6.21. The van der Waals surface area contributed by atoms with Crippen molar-refractivity contribution in [3.63, 3.8) is 0 Å². The first-order valence-corrected chi connectivity index (χ1v) is 12.1.